The molecule has 5 nitrogen and oxygen atoms in total. The Balaban J connectivity index is 1.72. The van der Waals surface area contributed by atoms with Crippen molar-refractivity contribution in [2.75, 3.05) is 16.8 Å². The summed E-state index contributed by atoms with van der Waals surface area (Å²) in [7, 11) is 0. The predicted octanol–water partition coefficient (Wildman–Crippen LogP) is 3.60. The topological polar surface area (TPSA) is 58.6 Å². The molecule has 0 bridgehead atoms. The average Bonchev–Trinajstić information content (AvgIpc) is 2.54. The first-order valence-electron chi connectivity index (χ1n) is 7.58. The van der Waals surface area contributed by atoms with Crippen molar-refractivity contribution in [2.24, 2.45) is 0 Å². The number of hydrogen-bond acceptors (Lipinski definition) is 3. The number of aryl methyl sites for hydroxylation is 1. The molecule has 0 fully saturated rings. The maximum atomic E-state index is 11.9. The van der Waals surface area contributed by atoms with Gasteiger partial charge < -0.3 is 9.64 Å². The lowest BCUT2D eigenvalue weighted by Crippen LogP contribution is -2.33. The van der Waals surface area contributed by atoms with Crippen molar-refractivity contribution in [3.05, 3.63) is 54.1 Å². The molecule has 2 amide bonds. The van der Waals surface area contributed by atoms with Crippen LogP contribution in [0.5, 0.6) is 5.75 Å². The van der Waals surface area contributed by atoms with Crippen LogP contribution in [-0.2, 0) is 11.2 Å². The third-order valence-corrected chi connectivity index (χ3v) is 3.78. The molecule has 2 aromatic carbocycles. The molecule has 0 atom stereocenters. The highest BCUT2D eigenvalue weighted by molar-refractivity contribution is 5.94. The Morgan fingerprint density at radius 1 is 1.13 bits per heavy atom. The molecular weight excluding hydrogens is 292 g/mol. The lowest BCUT2D eigenvalue weighted by atomic mass is 10.0. The monoisotopic (exact) mass is 310 g/mol. The Hall–Kier alpha value is -2.82. The van der Waals surface area contributed by atoms with Crippen LogP contribution in [0.15, 0.2) is 48.5 Å². The molecule has 0 saturated heterocycles. The number of carbonyl (C=O) groups excluding carboxylic acids is 2. The molecule has 118 valence electrons. The van der Waals surface area contributed by atoms with Crippen LogP contribution in [0.4, 0.5) is 16.2 Å². The minimum atomic E-state index is -0.532. The number of amides is 2. The van der Waals surface area contributed by atoms with E-state index >= 15 is 0 Å². The number of anilines is 2. The van der Waals surface area contributed by atoms with Crippen LogP contribution in [0.3, 0.4) is 0 Å². The fraction of sp³-hybridized carbons (Fsp3) is 0.222. The second-order valence-corrected chi connectivity index (χ2v) is 5.45. The highest BCUT2D eigenvalue weighted by Crippen LogP contribution is 2.29. The normalized spacial score (nSPS) is 13.2. The molecule has 0 unspecified atom stereocenters. The van der Waals surface area contributed by atoms with Gasteiger partial charge in [0, 0.05) is 24.8 Å². The zero-order chi connectivity index (χ0) is 16.2. The van der Waals surface area contributed by atoms with E-state index in [1.807, 2.05) is 18.2 Å². The number of nitrogens with one attached hydrogen (secondary N) is 1. The van der Waals surface area contributed by atoms with Gasteiger partial charge in [-0.05, 0) is 48.7 Å². The minimum Gasteiger partial charge on any atom is -0.410 e. The van der Waals surface area contributed by atoms with Crippen LogP contribution in [0, 0.1) is 0 Å². The van der Waals surface area contributed by atoms with Gasteiger partial charge in [0.05, 0.1) is 0 Å². The van der Waals surface area contributed by atoms with Crippen molar-refractivity contribution < 1.29 is 14.3 Å². The van der Waals surface area contributed by atoms with Crippen molar-refractivity contribution in [2.45, 2.75) is 19.8 Å². The molecule has 1 aliphatic heterocycles. The third kappa shape index (κ3) is 3.51. The molecule has 0 spiro atoms. The number of benzene rings is 2. The van der Waals surface area contributed by atoms with E-state index in [-0.39, 0.29) is 5.91 Å². The van der Waals surface area contributed by atoms with Crippen molar-refractivity contribution in [1.82, 2.24) is 0 Å². The van der Waals surface area contributed by atoms with Crippen LogP contribution in [0.25, 0.3) is 0 Å². The summed E-state index contributed by atoms with van der Waals surface area (Å²) in [6.07, 6.45) is 1.28. The second kappa shape index (κ2) is 6.52. The molecule has 0 aromatic heterocycles. The van der Waals surface area contributed by atoms with Gasteiger partial charge in [0.25, 0.3) is 0 Å². The first-order valence-corrected chi connectivity index (χ1v) is 7.58. The summed E-state index contributed by atoms with van der Waals surface area (Å²) >= 11 is 0. The number of carbonyl (C=O) groups is 2. The fourth-order valence-electron chi connectivity index (χ4n) is 2.74. The molecule has 5 heteroatoms. The van der Waals surface area contributed by atoms with Crippen LogP contribution in [-0.4, -0.2) is 18.5 Å². The van der Waals surface area contributed by atoms with E-state index in [2.05, 4.69) is 5.32 Å². The summed E-state index contributed by atoms with van der Waals surface area (Å²) in [5.41, 5.74) is 2.64. The smallest absolute Gasteiger partial charge is 0.410 e. The third-order valence-electron chi connectivity index (χ3n) is 3.78. The molecule has 0 radical (unpaired) electrons. The lowest BCUT2D eigenvalue weighted by molar-refractivity contribution is -0.116. The molecular formula is C18H18N2O3. The van der Waals surface area contributed by atoms with Crippen molar-refractivity contribution in [3.8, 4) is 5.75 Å². The van der Waals surface area contributed by atoms with Crippen LogP contribution in [0.1, 0.15) is 18.9 Å². The summed E-state index contributed by atoms with van der Waals surface area (Å²) in [6.45, 7) is 2.31. The number of ether oxygens (including phenoxy) is 1. The number of nitrogens with zero attached hydrogens (tertiary/aromatic N) is 1. The summed E-state index contributed by atoms with van der Waals surface area (Å²) in [5.74, 6) is 0.529. The number of rotatable bonds is 2. The van der Waals surface area contributed by atoms with Gasteiger partial charge in [0.2, 0.25) is 5.91 Å². The highest BCUT2D eigenvalue weighted by Gasteiger charge is 2.20. The molecule has 3 rings (SSSR count). The molecule has 1 aliphatic rings. The maximum absolute atomic E-state index is 11.9. The van der Waals surface area contributed by atoms with Crippen LogP contribution in [0.2, 0.25) is 0 Å². The summed E-state index contributed by atoms with van der Waals surface area (Å²) in [5, 5.41) is 2.72. The Labute approximate surface area is 134 Å². The summed E-state index contributed by atoms with van der Waals surface area (Å²) < 4.78 is 5.21. The Morgan fingerprint density at radius 3 is 2.65 bits per heavy atom. The average molecular weight is 310 g/mol. The van der Waals surface area contributed by atoms with E-state index < -0.39 is 6.09 Å². The molecule has 1 N–H and O–H groups in total. The van der Waals surface area contributed by atoms with E-state index in [1.54, 1.807) is 42.2 Å². The second-order valence-electron chi connectivity index (χ2n) is 5.45. The van der Waals surface area contributed by atoms with E-state index in [0.717, 1.165) is 30.6 Å². The zero-order valence-electron chi connectivity index (χ0n) is 12.9. The van der Waals surface area contributed by atoms with E-state index in [1.165, 1.54) is 0 Å². The van der Waals surface area contributed by atoms with E-state index in [0.29, 0.717) is 11.4 Å². The standard InChI is InChI=1S/C18H18N2O3/c1-13(21)20-11-5-6-14-12-15(9-10-17(14)20)19-18(22)23-16-7-3-2-4-8-16/h2-4,7-10,12H,5-6,11H2,1H3,(H,19,22). The van der Waals surface area contributed by atoms with Gasteiger partial charge in [0.15, 0.2) is 0 Å². The predicted molar refractivity (Wildman–Crippen MR) is 88.9 cm³/mol. The largest absolute Gasteiger partial charge is 0.417 e. The first kappa shape index (κ1) is 15.1. The van der Waals surface area contributed by atoms with Gasteiger partial charge in [-0.1, -0.05) is 18.2 Å². The Kier molecular flexibility index (Phi) is 4.28. The van der Waals surface area contributed by atoms with Crippen LogP contribution >= 0.6 is 0 Å². The first-order chi connectivity index (χ1) is 11.1. The van der Waals surface area contributed by atoms with Crippen molar-refractivity contribution >= 4 is 23.4 Å². The highest BCUT2D eigenvalue weighted by atomic mass is 16.6. The number of hydrogen-bond donors (Lipinski definition) is 1. The van der Waals surface area contributed by atoms with Gasteiger partial charge >= 0.3 is 6.09 Å². The van der Waals surface area contributed by atoms with Crippen molar-refractivity contribution in [3.63, 3.8) is 0 Å². The van der Waals surface area contributed by atoms with E-state index in [9.17, 15) is 9.59 Å². The minimum absolute atomic E-state index is 0.0372. The number of fused-ring (bicyclic) bond motifs is 1. The van der Waals surface area contributed by atoms with Gasteiger partial charge in [0.1, 0.15) is 5.75 Å². The quantitative estimate of drug-likeness (QED) is 0.922. The maximum Gasteiger partial charge on any atom is 0.417 e. The van der Waals surface area contributed by atoms with Gasteiger partial charge in [-0.3, -0.25) is 10.1 Å². The zero-order valence-corrected chi connectivity index (χ0v) is 12.9. The van der Waals surface area contributed by atoms with Gasteiger partial charge in [-0.25, -0.2) is 4.79 Å². The molecule has 2 aromatic rings. The molecule has 23 heavy (non-hydrogen) atoms. The Bertz CT molecular complexity index is 728. The molecule has 0 saturated carbocycles. The SMILES string of the molecule is CC(=O)N1CCCc2cc(NC(=O)Oc3ccccc3)ccc21. The van der Waals surface area contributed by atoms with Gasteiger partial charge in [-0.15, -0.1) is 0 Å². The summed E-state index contributed by atoms with van der Waals surface area (Å²) in [6, 6.07) is 14.5. The van der Waals surface area contributed by atoms with Crippen LogP contribution < -0.4 is 15.0 Å². The van der Waals surface area contributed by atoms with Crippen molar-refractivity contribution in [1.29, 1.82) is 0 Å². The molecule has 0 aliphatic carbocycles. The van der Waals surface area contributed by atoms with E-state index in [4.69, 9.17) is 4.74 Å². The Morgan fingerprint density at radius 2 is 1.91 bits per heavy atom. The number of para-hydroxylation sites is 1. The lowest BCUT2D eigenvalue weighted by Gasteiger charge is -2.28. The molecule has 1 heterocycles. The summed E-state index contributed by atoms with van der Waals surface area (Å²) in [4.78, 5) is 25.4. The van der Waals surface area contributed by atoms with Gasteiger partial charge in [-0.2, -0.15) is 0 Å². The fourth-order valence-corrected chi connectivity index (χ4v) is 2.74.